The molecule has 0 aliphatic carbocycles. The van der Waals surface area contributed by atoms with E-state index in [9.17, 15) is 0 Å². The first-order chi connectivity index (χ1) is 7.72. The molecule has 0 aromatic carbocycles. The zero-order valence-corrected chi connectivity index (χ0v) is 10.3. The molecule has 1 aromatic heterocycles. The van der Waals surface area contributed by atoms with E-state index in [1.54, 1.807) is 0 Å². The minimum absolute atomic E-state index is 0.243. The number of hydrogen-bond acceptors (Lipinski definition) is 6. The second-order valence-corrected chi connectivity index (χ2v) is 4.80. The number of aromatic nitrogens is 1. The number of anilines is 2. The molecule has 16 heavy (non-hydrogen) atoms. The molecule has 2 rings (SSSR count). The van der Waals surface area contributed by atoms with Gasteiger partial charge in [-0.05, 0) is 18.5 Å². The highest BCUT2D eigenvalue weighted by molar-refractivity contribution is 7.10. The van der Waals surface area contributed by atoms with Gasteiger partial charge in [0.15, 0.2) is 0 Å². The molecule has 0 amide bonds. The second kappa shape index (κ2) is 4.99. The molecule has 1 fully saturated rings. The summed E-state index contributed by atoms with van der Waals surface area (Å²) in [6.45, 7) is 7.01. The topological polar surface area (TPSA) is 65.6 Å². The van der Waals surface area contributed by atoms with Gasteiger partial charge in [-0.3, -0.25) is 4.90 Å². The van der Waals surface area contributed by atoms with E-state index < -0.39 is 0 Å². The van der Waals surface area contributed by atoms with Crippen molar-refractivity contribution in [3.63, 3.8) is 0 Å². The molecule has 1 aliphatic heterocycles. The lowest BCUT2D eigenvalue weighted by atomic mass is 10.3. The van der Waals surface area contributed by atoms with E-state index in [4.69, 9.17) is 10.8 Å². The van der Waals surface area contributed by atoms with Crippen LogP contribution in [-0.2, 0) is 0 Å². The fraction of sp³-hybridized carbons (Fsp3) is 0.700. The predicted octanol–water partition coefficient (Wildman–Crippen LogP) is 0.148. The third-order valence-electron chi connectivity index (χ3n) is 3.01. The molecule has 5 nitrogen and oxygen atoms in total. The van der Waals surface area contributed by atoms with Crippen LogP contribution in [0.15, 0.2) is 0 Å². The van der Waals surface area contributed by atoms with E-state index in [0.29, 0.717) is 5.82 Å². The van der Waals surface area contributed by atoms with Gasteiger partial charge in [-0.1, -0.05) is 0 Å². The Hall–Kier alpha value is -0.850. The van der Waals surface area contributed by atoms with Gasteiger partial charge < -0.3 is 15.7 Å². The summed E-state index contributed by atoms with van der Waals surface area (Å²) in [5.41, 5.74) is 6.85. The minimum atomic E-state index is 0.243. The van der Waals surface area contributed by atoms with Gasteiger partial charge in [-0.25, -0.2) is 0 Å². The third kappa shape index (κ3) is 2.28. The highest BCUT2D eigenvalue weighted by Crippen LogP contribution is 2.29. The fourth-order valence-corrected chi connectivity index (χ4v) is 2.81. The van der Waals surface area contributed by atoms with Crippen LogP contribution in [-0.4, -0.2) is 53.7 Å². The first-order valence-electron chi connectivity index (χ1n) is 5.52. The van der Waals surface area contributed by atoms with Gasteiger partial charge in [-0.15, -0.1) is 0 Å². The summed E-state index contributed by atoms with van der Waals surface area (Å²) >= 11 is 1.48. The summed E-state index contributed by atoms with van der Waals surface area (Å²) in [4.78, 5) is 4.60. The maximum Gasteiger partial charge on any atom is 0.142 e. The summed E-state index contributed by atoms with van der Waals surface area (Å²) in [6, 6.07) is 0. The molecule has 6 heteroatoms. The highest BCUT2D eigenvalue weighted by Gasteiger charge is 2.20. The Bertz CT molecular complexity index is 347. The van der Waals surface area contributed by atoms with E-state index in [1.165, 1.54) is 16.5 Å². The summed E-state index contributed by atoms with van der Waals surface area (Å²) in [5, 5.41) is 10.1. The maximum atomic E-state index is 8.87. The molecule has 0 unspecified atom stereocenters. The van der Waals surface area contributed by atoms with Crippen molar-refractivity contribution >= 4 is 22.4 Å². The number of aliphatic hydroxyl groups excluding tert-OH is 1. The molecule has 2 heterocycles. The van der Waals surface area contributed by atoms with Crippen molar-refractivity contribution in [1.29, 1.82) is 0 Å². The zero-order valence-electron chi connectivity index (χ0n) is 9.52. The minimum Gasteiger partial charge on any atom is -0.395 e. The molecule has 0 spiro atoms. The largest absolute Gasteiger partial charge is 0.395 e. The summed E-state index contributed by atoms with van der Waals surface area (Å²) in [7, 11) is 0. The van der Waals surface area contributed by atoms with E-state index in [-0.39, 0.29) is 6.61 Å². The zero-order chi connectivity index (χ0) is 11.5. The van der Waals surface area contributed by atoms with E-state index in [0.717, 1.165) is 38.3 Å². The van der Waals surface area contributed by atoms with Crippen molar-refractivity contribution in [3.05, 3.63) is 5.56 Å². The normalized spacial score (nSPS) is 18.0. The fourth-order valence-electron chi connectivity index (χ4n) is 1.95. The molecular formula is C10H18N4OS. The number of piperazine rings is 1. The molecule has 1 saturated heterocycles. The first kappa shape index (κ1) is 11.6. The lowest BCUT2D eigenvalue weighted by Gasteiger charge is -2.35. The van der Waals surface area contributed by atoms with Crippen LogP contribution in [0.1, 0.15) is 5.56 Å². The van der Waals surface area contributed by atoms with Crippen molar-refractivity contribution < 1.29 is 5.11 Å². The van der Waals surface area contributed by atoms with Crippen LogP contribution in [0.5, 0.6) is 0 Å². The number of β-amino-alcohol motifs (C(OH)–C–C–N with tert-alkyl or cyclic N) is 1. The van der Waals surface area contributed by atoms with Gasteiger partial charge in [0.2, 0.25) is 0 Å². The summed E-state index contributed by atoms with van der Waals surface area (Å²) < 4.78 is 4.17. The average Bonchev–Trinajstić information content (AvgIpc) is 2.62. The molecule has 0 radical (unpaired) electrons. The second-order valence-electron chi connectivity index (χ2n) is 4.05. The van der Waals surface area contributed by atoms with Crippen LogP contribution >= 0.6 is 11.5 Å². The Balaban J connectivity index is 1.96. The molecule has 0 bridgehead atoms. The Labute approximate surface area is 99.6 Å². The van der Waals surface area contributed by atoms with Crippen molar-refractivity contribution in [2.75, 3.05) is 50.0 Å². The Morgan fingerprint density at radius 3 is 2.56 bits per heavy atom. The SMILES string of the molecule is Cc1c(N)nsc1N1CCN(CCO)CC1. The molecule has 0 atom stereocenters. The van der Waals surface area contributed by atoms with Crippen molar-refractivity contribution in [2.45, 2.75) is 6.92 Å². The molecule has 1 aliphatic rings. The van der Waals surface area contributed by atoms with Gasteiger partial charge in [0, 0.05) is 38.3 Å². The Morgan fingerprint density at radius 1 is 1.38 bits per heavy atom. The number of aliphatic hydroxyl groups is 1. The molecule has 1 aromatic rings. The Kier molecular flexibility index (Phi) is 3.63. The van der Waals surface area contributed by atoms with Gasteiger partial charge in [0.05, 0.1) is 6.61 Å². The van der Waals surface area contributed by atoms with Crippen LogP contribution < -0.4 is 10.6 Å². The monoisotopic (exact) mass is 242 g/mol. The van der Waals surface area contributed by atoms with Gasteiger partial charge in [0.1, 0.15) is 10.8 Å². The third-order valence-corrected chi connectivity index (χ3v) is 4.04. The van der Waals surface area contributed by atoms with Crippen LogP contribution in [0, 0.1) is 6.92 Å². The molecule has 3 N–H and O–H groups in total. The first-order valence-corrected chi connectivity index (χ1v) is 6.29. The summed E-state index contributed by atoms with van der Waals surface area (Å²) in [5.74, 6) is 0.651. The van der Waals surface area contributed by atoms with E-state index >= 15 is 0 Å². The number of nitrogens with two attached hydrogens (primary N) is 1. The van der Waals surface area contributed by atoms with Gasteiger partial charge in [0.25, 0.3) is 0 Å². The predicted molar refractivity (Wildman–Crippen MR) is 67.0 cm³/mol. The summed E-state index contributed by atoms with van der Waals surface area (Å²) in [6.07, 6.45) is 0. The van der Waals surface area contributed by atoms with Crippen LogP contribution in [0.4, 0.5) is 10.8 Å². The van der Waals surface area contributed by atoms with E-state index in [1.807, 2.05) is 6.92 Å². The quantitative estimate of drug-likeness (QED) is 0.790. The van der Waals surface area contributed by atoms with Crippen LogP contribution in [0.3, 0.4) is 0 Å². The van der Waals surface area contributed by atoms with Crippen LogP contribution in [0.25, 0.3) is 0 Å². The van der Waals surface area contributed by atoms with E-state index in [2.05, 4.69) is 14.2 Å². The van der Waals surface area contributed by atoms with Crippen molar-refractivity contribution in [2.24, 2.45) is 0 Å². The number of hydrogen-bond donors (Lipinski definition) is 2. The average molecular weight is 242 g/mol. The van der Waals surface area contributed by atoms with Gasteiger partial charge in [-0.2, -0.15) is 4.37 Å². The molecule has 90 valence electrons. The lowest BCUT2D eigenvalue weighted by molar-refractivity contribution is 0.189. The lowest BCUT2D eigenvalue weighted by Crippen LogP contribution is -2.47. The number of nitrogens with zero attached hydrogens (tertiary/aromatic N) is 3. The number of nitrogen functional groups attached to an aromatic ring is 1. The molecular weight excluding hydrogens is 224 g/mol. The smallest absolute Gasteiger partial charge is 0.142 e. The van der Waals surface area contributed by atoms with Gasteiger partial charge >= 0.3 is 0 Å². The number of rotatable bonds is 3. The standard InChI is InChI=1S/C10H18N4OS/c1-8-9(11)12-16-10(8)14-4-2-13(3-5-14)6-7-15/h15H,2-7H2,1H3,(H2,11,12). The Morgan fingerprint density at radius 2 is 2.06 bits per heavy atom. The van der Waals surface area contributed by atoms with Crippen molar-refractivity contribution in [3.8, 4) is 0 Å². The van der Waals surface area contributed by atoms with Crippen LogP contribution in [0.2, 0.25) is 0 Å². The highest BCUT2D eigenvalue weighted by atomic mass is 32.1. The molecule has 0 saturated carbocycles. The van der Waals surface area contributed by atoms with Crippen molar-refractivity contribution in [1.82, 2.24) is 9.27 Å². The maximum absolute atomic E-state index is 8.87.